The first-order chi connectivity index (χ1) is 15.3. The average Bonchev–Trinajstić information content (AvgIpc) is 3.03. The number of nitrogens with zero attached hydrogens (tertiary/aromatic N) is 2. The highest BCUT2D eigenvalue weighted by atomic mass is 35.5. The first kappa shape index (κ1) is 22.1. The monoisotopic (exact) mass is 482 g/mol. The summed E-state index contributed by atoms with van der Waals surface area (Å²) in [4.78, 5) is 39.1. The average molecular weight is 483 g/mol. The Hall–Kier alpha value is -3.07. The fraction of sp³-hybridized carbons (Fsp3) is 0.0435. The van der Waals surface area contributed by atoms with E-state index in [-0.39, 0.29) is 10.6 Å². The highest BCUT2D eigenvalue weighted by Crippen LogP contribution is 2.39. The van der Waals surface area contributed by atoms with Gasteiger partial charge in [-0.3, -0.25) is 19.7 Å². The molecule has 3 aromatic rings. The molecule has 0 N–H and O–H groups in total. The van der Waals surface area contributed by atoms with Crippen LogP contribution in [0, 0.1) is 17.0 Å². The maximum atomic E-state index is 12.8. The minimum atomic E-state index is -0.497. The molecular weight excluding hydrogens is 468 g/mol. The van der Waals surface area contributed by atoms with Crippen molar-refractivity contribution in [3.63, 3.8) is 0 Å². The molecule has 0 aliphatic carbocycles. The van der Waals surface area contributed by atoms with Gasteiger partial charge in [0.25, 0.3) is 16.8 Å². The van der Waals surface area contributed by atoms with Gasteiger partial charge in [0.05, 0.1) is 20.4 Å². The van der Waals surface area contributed by atoms with Crippen LogP contribution >= 0.6 is 35.1 Å². The maximum absolute atomic E-state index is 12.8. The summed E-state index contributed by atoms with van der Waals surface area (Å²) < 4.78 is 0. The van der Waals surface area contributed by atoms with Crippen LogP contribution in [0.1, 0.15) is 11.1 Å². The second-order valence-electron chi connectivity index (χ2n) is 6.90. The number of hydrogen-bond donors (Lipinski definition) is 0. The lowest BCUT2D eigenvalue weighted by Gasteiger charge is -2.12. The molecule has 0 saturated carbocycles. The second kappa shape index (κ2) is 9.20. The van der Waals surface area contributed by atoms with Gasteiger partial charge >= 0.3 is 0 Å². The van der Waals surface area contributed by atoms with Crippen LogP contribution in [0.25, 0.3) is 6.08 Å². The third kappa shape index (κ3) is 4.72. The van der Waals surface area contributed by atoms with Crippen molar-refractivity contribution in [2.24, 2.45) is 0 Å². The molecule has 3 aromatic carbocycles. The van der Waals surface area contributed by atoms with E-state index in [0.29, 0.717) is 21.2 Å². The molecule has 1 heterocycles. The molecule has 0 unspecified atom stereocenters. The second-order valence-corrected chi connectivity index (χ2v) is 9.44. The van der Waals surface area contributed by atoms with E-state index in [4.69, 9.17) is 11.6 Å². The Labute approximate surface area is 197 Å². The van der Waals surface area contributed by atoms with E-state index in [1.54, 1.807) is 30.3 Å². The van der Waals surface area contributed by atoms with Gasteiger partial charge in [-0.2, -0.15) is 0 Å². The Morgan fingerprint density at radius 3 is 2.50 bits per heavy atom. The van der Waals surface area contributed by atoms with Crippen LogP contribution in [0.4, 0.5) is 16.2 Å². The number of carbonyl (C=O) groups excluding carboxylic acids is 2. The lowest BCUT2D eigenvalue weighted by Crippen LogP contribution is -2.27. The van der Waals surface area contributed by atoms with Gasteiger partial charge in [-0.05, 0) is 66.7 Å². The fourth-order valence-corrected chi connectivity index (χ4v) is 4.97. The normalized spacial score (nSPS) is 14.9. The number of imide groups is 1. The number of halogens is 1. The molecule has 0 aromatic heterocycles. The van der Waals surface area contributed by atoms with Gasteiger partial charge < -0.3 is 0 Å². The molecule has 1 aliphatic heterocycles. The number of aryl methyl sites for hydroxylation is 1. The number of anilines is 1. The molecule has 9 heteroatoms. The molecular formula is C23H15ClN2O4S2. The molecule has 1 fully saturated rings. The summed E-state index contributed by atoms with van der Waals surface area (Å²) in [5.74, 6) is -0.497. The molecule has 32 heavy (non-hydrogen) atoms. The van der Waals surface area contributed by atoms with Crippen LogP contribution in [-0.4, -0.2) is 16.1 Å². The summed E-state index contributed by atoms with van der Waals surface area (Å²) in [6.07, 6.45) is 1.49. The van der Waals surface area contributed by atoms with Crippen molar-refractivity contribution in [3.05, 3.63) is 97.9 Å². The van der Waals surface area contributed by atoms with Gasteiger partial charge in [0, 0.05) is 16.0 Å². The van der Waals surface area contributed by atoms with Crippen molar-refractivity contribution >= 4 is 63.7 Å². The number of rotatable bonds is 5. The summed E-state index contributed by atoms with van der Waals surface area (Å²) in [7, 11) is 0. The molecule has 0 bridgehead atoms. The largest absolute Gasteiger partial charge is 0.298 e. The molecule has 6 nitrogen and oxygen atoms in total. The molecule has 0 radical (unpaired) electrons. The van der Waals surface area contributed by atoms with Crippen molar-refractivity contribution < 1.29 is 14.5 Å². The third-order valence-corrected chi connectivity index (χ3v) is 6.76. The molecule has 1 aliphatic rings. The predicted molar refractivity (Wildman–Crippen MR) is 128 cm³/mol. The van der Waals surface area contributed by atoms with Crippen molar-refractivity contribution in [1.29, 1.82) is 0 Å². The molecule has 0 atom stereocenters. The van der Waals surface area contributed by atoms with Crippen molar-refractivity contribution in [2.45, 2.75) is 16.7 Å². The lowest BCUT2D eigenvalue weighted by atomic mass is 10.2. The molecule has 2 amide bonds. The number of nitro benzene ring substituents is 1. The number of thioether (sulfide) groups is 1. The summed E-state index contributed by atoms with van der Waals surface area (Å²) in [5.41, 5.74) is 1.87. The van der Waals surface area contributed by atoms with E-state index in [2.05, 4.69) is 0 Å². The minimum absolute atomic E-state index is 0.0709. The first-order valence-electron chi connectivity index (χ1n) is 9.38. The van der Waals surface area contributed by atoms with Gasteiger partial charge in [-0.15, -0.1) is 0 Å². The van der Waals surface area contributed by atoms with Crippen LogP contribution in [0.3, 0.4) is 0 Å². The minimum Gasteiger partial charge on any atom is -0.268 e. The Kier molecular flexibility index (Phi) is 6.36. The van der Waals surface area contributed by atoms with Crippen LogP contribution in [-0.2, 0) is 4.79 Å². The van der Waals surface area contributed by atoms with Gasteiger partial charge in [-0.1, -0.05) is 53.2 Å². The SMILES string of the molecule is Cc1ccc(Sc2ccc(C=C3SC(=O)N(c4cccc(Cl)c4)C3=O)cc2[N+](=O)[O-])cc1. The zero-order valence-electron chi connectivity index (χ0n) is 16.7. The van der Waals surface area contributed by atoms with E-state index in [1.807, 2.05) is 31.2 Å². The summed E-state index contributed by atoms with van der Waals surface area (Å²) in [6, 6.07) is 18.9. The van der Waals surface area contributed by atoms with Gasteiger partial charge in [0.1, 0.15) is 0 Å². The predicted octanol–water partition coefficient (Wildman–Crippen LogP) is 6.95. The zero-order valence-corrected chi connectivity index (χ0v) is 19.0. The molecule has 1 saturated heterocycles. The number of carbonyl (C=O) groups is 2. The number of nitro groups is 1. The summed E-state index contributed by atoms with van der Waals surface area (Å²) in [5, 5.41) is 11.6. The van der Waals surface area contributed by atoms with Crippen LogP contribution < -0.4 is 4.90 Å². The topological polar surface area (TPSA) is 80.5 Å². The quantitative estimate of drug-likeness (QED) is 0.222. The van der Waals surface area contributed by atoms with Gasteiger partial charge in [0.2, 0.25) is 0 Å². The van der Waals surface area contributed by atoms with Crippen molar-refractivity contribution in [1.82, 2.24) is 0 Å². The van der Waals surface area contributed by atoms with Crippen LogP contribution in [0.2, 0.25) is 5.02 Å². The third-order valence-electron chi connectivity index (χ3n) is 4.59. The standard InChI is InChI=1S/C23H15ClN2O4S2/c1-14-5-8-18(9-6-14)31-20-10-7-15(11-19(20)26(29)30)12-21-22(27)25(23(28)32-21)17-4-2-3-16(24)13-17/h2-13H,1H3. The highest BCUT2D eigenvalue weighted by Gasteiger charge is 2.36. The highest BCUT2D eigenvalue weighted by molar-refractivity contribution is 8.19. The Balaban J connectivity index is 1.63. The first-order valence-corrected chi connectivity index (χ1v) is 11.4. The molecule has 4 rings (SSSR count). The number of amides is 2. The van der Waals surface area contributed by atoms with Crippen molar-refractivity contribution in [3.8, 4) is 0 Å². The van der Waals surface area contributed by atoms with E-state index in [9.17, 15) is 19.7 Å². The lowest BCUT2D eigenvalue weighted by molar-refractivity contribution is -0.387. The Morgan fingerprint density at radius 2 is 1.81 bits per heavy atom. The van der Waals surface area contributed by atoms with Crippen LogP contribution in [0.15, 0.2) is 81.4 Å². The fourth-order valence-electron chi connectivity index (χ4n) is 3.04. The maximum Gasteiger partial charge on any atom is 0.298 e. The van der Waals surface area contributed by atoms with E-state index in [1.165, 1.54) is 30.0 Å². The Bertz CT molecular complexity index is 1280. The van der Waals surface area contributed by atoms with Gasteiger partial charge in [0.15, 0.2) is 0 Å². The van der Waals surface area contributed by atoms with Crippen LogP contribution in [0.5, 0.6) is 0 Å². The summed E-state index contributed by atoms with van der Waals surface area (Å²) in [6.45, 7) is 1.97. The van der Waals surface area contributed by atoms with E-state index < -0.39 is 16.1 Å². The van der Waals surface area contributed by atoms with Gasteiger partial charge in [-0.25, -0.2) is 4.90 Å². The van der Waals surface area contributed by atoms with E-state index >= 15 is 0 Å². The van der Waals surface area contributed by atoms with E-state index in [0.717, 1.165) is 27.1 Å². The number of benzene rings is 3. The summed E-state index contributed by atoms with van der Waals surface area (Å²) >= 11 is 8.05. The molecule has 160 valence electrons. The van der Waals surface area contributed by atoms with Crippen molar-refractivity contribution in [2.75, 3.05) is 4.90 Å². The molecule has 0 spiro atoms. The number of hydrogen-bond acceptors (Lipinski definition) is 6. The smallest absolute Gasteiger partial charge is 0.268 e. The Morgan fingerprint density at radius 1 is 1.06 bits per heavy atom. The zero-order chi connectivity index (χ0) is 22.8.